The van der Waals surface area contributed by atoms with Gasteiger partial charge in [0.2, 0.25) is 0 Å². The van der Waals surface area contributed by atoms with Crippen molar-refractivity contribution in [2.24, 2.45) is 5.73 Å². The van der Waals surface area contributed by atoms with E-state index in [4.69, 9.17) is 5.73 Å². The van der Waals surface area contributed by atoms with Gasteiger partial charge >= 0.3 is 0 Å². The second-order valence-corrected chi connectivity index (χ2v) is 6.69. The predicted molar refractivity (Wildman–Crippen MR) is 88.4 cm³/mol. The van der Waals surface area contributed by atoms with Gasteiger partial charge in [-0.3, -0.25) is 4.79 Å². The van der Waals surface area contributed by atoms with Gasteiger partial charge in [0.05, 0.1) is 0 Å². The van der Waals surface area contributed by atoms with E-state index in [-0.39, 0.29) is 23.0 Å². The lowest BCUT2D eigenvalue weighted by Gasteiger charge is -2.36. The van der Waals surface area contributed by atoms with Crippen LogP contribution < -0.4 is 5.73 Å². The van der Waals surface area contributed by atoms with E-state index in [1.807, 2.05) is 19.9 Å². The minimum atomic E-state index is -1.71. The van der Waals surface area contributed by atoms with E-state index in [1.165, 1.54) is 6.92 Å². The summed E-state index contributed by atoms with van der Waals surface area (Å²) in [5, 5.41) is 21.5. The summed E-state index contributed by atoms with van der Waals surface area (Å²) in [6, 6.07) is 11.9. The molecule has 2 aromatic carbocycles. The smallest absolute Gasteiger partial charge is 0.191 e. The molecule has 1 aliphatic rings. The maximum absolute atomic E-state index is 12.9. The SMILES string of the molecule is CC(C)c1ccc(C2(N)C(=O)c3ccccc3C2(C)O)c(O)c1. The number of rotatable bonds is 2. The molecule has 1 aliphatic carbocycles. The Morgan fingerprint density at radius 1 is 1.09 bits per heavy atom. The predicted octanol–water partition coefficient (Wildman–Crippen LogP) is 2.77. The quantitative estimate of drug-likeness (QED) is 0.796. The van der Waals surface area contributed by atoms with Crippen molar-refractivity contribution >= 4 is 5.78 Å². The van der Waals surface area contributed by atoms with Crippen molar-refractivity contribution in [2.45, 2.75) is 37.8 Å². The molecule has 4 N–H and O–H groups in total. The van der Waals surface area contributed by atoms with Crippen LogP contribution in [0.15, 0.2) is 42.5 Å². The van der Waals surface area contributed by atoms with Crippen LogP contribution >= 0.6 is 0 Å². The topological polar surface area (TPSA) is 83.6 Å². The summed E-state index contributed by atoms with van der Waals surface area (Å²) >= 11 is 0. The molecule has 4 nitrogen and oxygen atoms in total. The van der Waals surface area contributed by atoms with Crippen molar-refractivity contribution in [3.63, 3.8) is 0 Å². The number of benzene rings is 2. The summed E-state index contributed by atoms with van der Waals surface area (Å²) in [4.78, 5) is 12.9. The third-order valence-electron chi connectivity index (χ3n) is 4.94. The molecule has 0 fully saturated rings. The third kappa shape index (κ3) is 1.95. The van der Waals surface area contributed by atoms with Crippen molar-refractivity contribution < 1.29 is 15.0 Å². The van der Waals surface area contributed by atoms with E-state index in [0.29, 0.717) is 11.1 Å². The summed E-state index contributed by atoms with van der Waals surface area (Å²) in [7, 11) is 0. The Labute approximate surface area is 135 Å². The first-order chi connectivity index (χ1) is 10.7. The van der Waals surface area contributed by atoms with Gasteiger partial charge in [0.25, 0.3) is 0 Å². The van der Waals surface area contributed by atoms with Crippen molar-refractivity contribution in [2.75, 3.05) is 0 Å². The zero-order chi connectivity index (χ0) is 17.0. The molecule has 0 saturated carbocycles. The third-order valence-corrected chi connectivity index (χ3v) is 4.94. The Morgan fingerprint density at radius 2 is 1.74 bits per heavy atom. The molecule has 0 amide bonds. The van der Waals surface area contributed by atoms with Gasteiger partial charge in [-0.15, -0.1) is 0 Å². The van der Waals surface area contributed by atoms with E-state index in [2.05, 4.69) is 0 Å². The van der Waals surface area contributed by atoms with Crippen LogP contribution in [0.25, 0.3) is 0 Å². The van der Waals surface area contributed by atoms with Crippen molar-refractivity contribution in [3.8, 4) is 5.75 Å². The lowest BCUT2D eigenvalue weighted by atomic mass is 9.75. The van der Waals surface area contributed by atoms with Crippen molar-refractivity contribution in [1.82, 2.24) is 0 Å². The number of nitrogens with two attached hydrogens (primary N) is 1. The largest absolute Gasteiger partial charge is 0.508 e. The monoisotopic (exact) mass is 311 g/mol. The summed E-state index contributed by atoms with van der Waals surface area (Å²) < 4.78 is 0. The van der Waals surface area contributed by atoms with E-state index >= 15 is 0 Å². The van der Waals surface area contributed by atoms with Crippen LogP contribution in [0.2, 0.25) is 0 Å². The van der Waals surface area contributed by atoms with Crippen molar-refractivity contribution in [3.05, 3.63) is 64.7 Å². The first kappa shape index (κ1) is 15.7. The van der Waals surface area contributed by atoms with E-state index < -0.39 is 11.1 Å². The number of hydrogen-bond donors (Lipinski definition) is 3. The van der Waals surface area contributed by atoms with Crippen LogP contribution in [-0.2, 0) is 11.1 Å². The van der Waals surface area contributed by atoms with Crippen LogP contribution in [0.4, 0.5) is 0 Å². The molecule has 23 heavy (non-hydrogen) atoms. The average molecular weight is 311 g/mol. The summed E-state index contributed by atoms with van der Waals surface area (Å²) in [6.45, 7) is 5.55. The standard InChI is InChI=1S/C19H21NO3/c1-11(2)12-8-9-15(16(21)10-12)19(20)17(22)13-6-4-5-7-14(13)18(19,3)23/h4-11,21,23H,20H2,1-3H3. The highest BCUT2D eigenvalue weighted by atomic mass is 16.3. The molecule has 2 atom stereocenters. The van der Waals surface area contributed by atoms with Gasteiger partial charge in [0, 0.05) is 11.1 Å². The molecule has 0 spiro atoms. The first-order valence-electron chi connectivity index (χ1n) is 7.70. The van der Waals surface area contributed by atoms with Gasteiger partial charge in [0.1, 0.15) is 16.9 Å². The number of phenols is 1. The Bertz CT molecular complexity index is 795. The fourth-order valence-electron chi connectivity index (χ4n) is 3.38. The zero-order valence-electron chi connectivity index (χ0n) is 13.5. The minimum Gasteiger partial charge on any atom is -0.508 e. The molecular weight excluding hydrogens is 290 g/mol. The van der Waals surface area contributed by atoms with Gasteiger partial charge in [-0.2, -0.15) is 0 Å². The van der Waals surface area contributed by atoms with Gasteiger partial charge in [-0.25, -0.2) is 0 Å². The highest BCUT2D eigenvalue weighted by Crippen LogP contribution is 2.50. The number of carbonyl (C=O) groups excluding carboxylic acids is 1. The number of fused-ring (bicyclic) bond motifs is 1. The Kier molecular flexibility index (Phi) is 3.36. The zero-order valence-corrected chi connectivity index (χ0v) is 13.5. The molecule has 0 saturated heterocycles. The highest BCUT2D eigenvalue weighted by Gasteiger charge is 2.59. The normalized spacial score (nSPS) is 26.6. The summed E-state index contributed by atoms with van der Waals surface area (Å²) in [5.41, 5.74) is 5.18. The number of phenolic OH excluding ortho intramolecular Hbond substituents is 1. The van der Waals surface area contributed by atoms with Crippen molar-refractivity contribution in [1.29, 1.82) is 0 Å². The van der Waals surface area contributed by atoms with Gasteiger partial charge in [-0.1, -0.05) is 50.2 Å². The summed E-state index contributed by atoms with van der Waals surface area (Å²) in [6.07, 6.45) is 0. The molecule has 0 aromatic heterocycles. The molecule has 120 valence electrons. The fraction of sp³-hybridized carbons (Fsp3) is 0.316. The maximum atomic E-state index is 12.9. The lowest BCUT2D eigenvalue weighted by molar-refractivity contribution is -0.00763. The van der Waals surface area contributed by atoms with Crippen LogP contribution in [0, 0.1) is 0 Å². The minimum absolute atomic E-state index is 0.0693. The summed E-state index contributed by atoms with van der Waals surface area (Å²) in [5.74, 6) is -0.216. The maximum Gasteiger partial charge on any atom is 0.191 e. The van der Waals surface area contributed by atoms with Crippen LogP contribution in [0.1, 0.15) is 53.7 Å². The lowest BCUT2D eigenvalue weighted by Crippen LogP contribution is -2.55. The Morgan fingerprint density at radius 3 is 2.30 bits per heavy atom. The molecule has 0 bridgehead atoms. The molecule has 2 unspecified atom stereocenters. The number of carbonyl (C=O) groups is 1. The molecule has 0 radical (unpaired) electrons. The first-order valence-corrected chi connectivity index (χ1v) is 7.70. The van der Waals surface area contributed by atoms with Crippen LogP contribution in [0.3, 0.4) is 0 Å². The van der Waals surface area contributed by atoms with Gasteiger partial charge in [-0.05, 0) is 30.0 Å². The highest BCUT2D eigenvalue weighted by molar-refractivity contribution is 6.09. The number of aliphatic hydroxyl groups is 1. The molecular formula is C19H21NO3. The van der Waals surface area contributed by atoms with E-state index in [1.54, 1.807) is 36.4 Å². The molecule has 0 aliphatic heterocycles. The molecule has 3 rings (SSSR count). The van der Waals surface area contributed by atoms with E-state index in [9.17, 15) is 15.0 Å². The number of aromatic hydroxyl groups is 1. The van der Waals surface area contributed by atoms with Crippen LogP contribution in [-0.4, -0.2) is 16.0 Å². The fourth-order valence-corrected chi connectivity index (χ4v) is 3.38. The molecule has 2 aromatic rings. The van der Waals surface area contributed by atoms with Gasteiger partial charge < -0.3 is 15.9 Å². The number of Topliss-reactive ketones (excluding diaryl/α,β-unsaturated/α-hetero) is 1. The molecule has 4 heteroatoms. The second-order valence-electron chi connectivity index (χ2n) is 6.69. The molecule has 0 heterocycles. The number of hydrogen-bond acceptors (Lipinski definition) is 4. The van der Waals surface area contributed by atoms with E-state index in [0.717, 1.165) is 5.56 Å². The Hall–Kier alpha value is -2.17. The Balaban J connectivity index is 2.22. The second kappa shape index (κ2) is 4.91. The average Bonchev–Trinajstić information content (AvgIpc) is 2.67. The number of ketones is 1. The van der Waals surface area contributed by atoms with Crippen LogP contribution in [0.5, 0.6) is 5.75 Å². The van der Waals surface area contributed by atoms with Gasteiger partial charge in [0.15, 0.2) is 5.78 Å².